The Morgan fingerprint density at radius 1 is 1.10 bits per heavy atom. The van der Waals surface area contributed by atoms with Gasteiger partial charge in [-0.3, -0.25) is 4.79 Å². The van der Waals surface area contributed by atoms with Gasteiger partial charge in [0.2, 0.25) is 5.79 Å². The van der Waals surface area contributed by atoms with E-state index < -0.39 is 35.7 Å². The minimum atomic E-state index is -1.33. The highest BCUT2D eigenvalue weighted by atomic mass is 16.7. The Labute approximate surface area is 233 Å². The lowest BCUT2D eigenvalue weighted by atomic mass is 9.72. The topological polar surface area (TPSA) is 103 Å². The number of fused-ring (bicyclic) bond motifs is 1. The Kier molecular flexibility index (Phi) is 11.0. The molecule has 3 fully saturated rings. The van der Waals surface area contributed by atoms with E-state index in [0.29, 0.717) is 19.4 Å². The third-order valence-electron chi connectivity index (χ3n) is 8.85. The van der Waals surface area contributed by atoms with Crippen LogP contribution in [0.1, 0.15) is 40.5 Å². The summed E-state index contributed by atoms with van der Waals surface area (Å²) in [7, 11) is 9.60. The van der Waals surface area contributed by atoms with Crippen LogP contribution < -0.4 is 0 Å². The fraction of sp³-hybridized carbons (Fsp3) is 0.893. The standard InChI is InChI=1S/C28H49NO10/c1-16-13-28(35-11,39-18(3)17(16)2)24(34-10)25(30)29(6)26-22-21(36-15-37-26)23(33-9)27(4,5)20(38-22)12-19(32-8)14-31-7/h17-24,26H,1,12-15H2,2-11H3/t17-,18-,19+,20-,21+,22?,23-,24-,26+,28+/m1/s1. The zero-order valence-corrected chi connectivity index (χ0v) is 25.3. The second-order valence-electron chi connectivity index (χ2n) is 11.4. The molecule has 3 heterocycles. The highest BCUT2D eigenvalue weighted by molar-refractivity contribution is 5.82. The molecule has 0 N–H and O–H groups in total. The van der Waals surface area contributed by atoms with Gasteiger partial charge in [-0.2, -0.15) is 0 Å². The molecule has 0 spiro atoms. The SMILES string of the molecule is C=C1C[C@@](OC)([C@H](OC)C(=O)N(C)[C@H]2OCO[C@H]3C2O[C@H](C[C@@H](COC)OC)C(C)(C)[C@@H]3OC)O[C@H](C)[C@@H]1C. The predicted octanol–water partition coefficient (Wildman–Crippen LogP) is 2.36. The molecule has 11 nitrogen and oxygen atoms in total. The zero-order valence-electron chi connectivity index (χ0n) is 25.3. The molecule has 3 rings (SSSR count). The molecular weight excluding hydrogens is 510 g/mol. The maximum absolute atomic E-state index is 14.0. The molecule has 0 aromatic carbocycles. The summed E-state index contributed by atoms with van der Waals surface area (Å²) in [6, 6.07) is 0. The minimum Gasteiger partial charge on any atom is -0.382 e. The Morgan fingerprint density at radius 2 is 1.79 bits per heavy atom. The first kappa shape index (κ1) is 32.4. The number of amides is 1. The molecule has 0 aromatic heterocycles. The lowest BCUT2D eigenvalue weighted by molar-refractivity contribution is -0.347. The summed E-state index contributed by atoms with van der Waals surface area (Å²) in [4.78, 5) is 15.5. The van der Waals surface area contributed by atoms with E-state index in [4.69, 9.17) is 42.6 Å². The molecule has 0 aromatic rings. The van der Waals surface area contributed by atoms with Crippen molar-refractivity contribution in [3.05, 3.63) is 12.2 Å². The van der Waals surface area contributed by atoms with Crippen LogP contribution in [-0.4, -0.2) is 122 Å². The van der Waals surface area contributed by atoms with Gasteiger partial charge in [0.15, 0.2) is 12.3 Å². The number of likely N-dealkylation sites (N-methyl/N-ethyl adjacent to an activating group) is 1. The summed E-state index contributed by atoms with van der Waals surface area (Å²) in [5.74, 6) is -1.58. The average Bonchev–Trinajstić information content (AvgIpc) is 2.91. The first-order valence-corrected chi connectivity index (χ1v) is 13.6. The molecule has 11 heteroatoms. The smallest absolute Gasteiger partial charge is 0.259 e. The lowest BCUT2D eigenvalue weighted by Crippen LogP contribution is -2.69. The number of rotatable bonds is 11. The van der Waals surface area contributed by atoms with E-state index in [9.17, 15) is 4.79 Å². The fourth-order valence-corrected chi connectivity index (χ4v) is 6.13. The fourth-order valence-electron chi connectivity index (χ4n) is 6.13. The molecule has 10 atom stereocenters. The van der Waals surface area contributed by atoms with E-state index in [1.807, 2.05) is 13.8 Å². The van der Waals surface area contributed by atoms with Crippen LogP contribution in [0.2, 0.25) is 0 Å². The summed E-state index contributed by atoms with van der Waals surface area (Å²) in [5, 5.41) is 0. The van der Waals surface area contributed by atoms with Gasteiger partial charge in [-0.1, -0.05) is 32.9 Å². The van der Waals surface area contributed by atoms with Gasteiger partial charge in [0, 0.05) is 66.8 Å². The van der Waals surface area contributed by atoms with Gasteiger partial charge in [0.1, 0.15) is 19.0 Å². The van der Waals surface area contributed by atoms with Gasteiger partial charge in [-0.05, 0) is 6.92 Å². The van der Waals surface area contributed by atoms with Crippen LogP contribution in [-0.2, 0) is 47.4 Å². The van der Waals surface area contributed by atoms with Crippen LogP contribution in [0.4, 0.5) is 0 Å². The van der Waals surface area contributed by atoms with Crippen LogP contribution in [0.15, 0.2) is 12.2 Å². The van der Waals surface area contributed by atoms with Crippen molar-refractivity contribution in [2.45, 2.75) is 95.3 Å². The van der Waals surface area contributed by atoms with Crippen molar-refractivity contribution >= 4 is 5.91 Å². The summed E-state index contributed by atoms with van der Waals surface area (Å²) < 4.78 is 53.6. The van der Waals surface area contributed by atoms with Crippen LogP contribution in [0, 0.1) is 11.3 Å². The zero-order chi connectivity index (χ0) is 29.1. The third kappa shape index (κ3) is 6.22. The molecule has 39 heavy (non-hydrogen) atoms. The van der Waals surface area contributed by atoms with E-state index in [1.165, 1.54) is 19.1 Å². The molecule has 0 bridgehead atoms. The van der Waals surface area contributed by atoms with Crippen molar-refractivity contribution in [3.8, 4) is 0 Å². The van der Waals surface area contributed by atoms with Crippen molar-refractivity contribution in [3.63, 3.8) is 0 Å². The molecule has 1 unspecified atom stereocenters. The highest BCUT2D eigenvalue weighted by Gasteiger charge is 2.58. The Hall–Kier alpha value is -1.15. The van der Waals surface area contributed by atoms with Crippen molar-refractivity contribution in [1.82, 2.24) is 4.90 Å². The largest absolute Gasteiger partial charge is 0.382 e. The first-order chi connectivity index (χ1) is 18.4. The van der Waals surface area contributed by atoms with Gasteiger partial charge >= 0.3 is 0 Å². The molecule has 3 aliphatic heterocycles. The van der Waals surface area contributed by atoms with Crippen LogP contribution in [0.3, 0.4) is 0 Å². The van der Waals surface area contributed by atoms with Crippen LogP contribution >= 0.6 is 0 Å². The highest BCUT2D eigenvalue weighted by Crippen LogP contribution is 2.45. The average molecular weight is 560 g/mol. The Bertz CT molecular complexity index is 839. The third-order valence-corrected chi connectivity index (χ3v) is 8.85. The number of carbonyl (C=O) groups excluding carboxylic acids is 1. The molecule has 0 saturated carbocycles. The minimum absolute atomic E-state index is 0.0211. The Morgan fingerprint density at radius 3 is 2.33 bits per heavy atom. The van der Waals surface area contributed by atoms with Gasteiger partial charge in [0.25, 0.3) is 5.91 Å². The summed E-state index contributed by atoms with van der Waals surface area (Å²) in [5.41, 5.74) is 0.506. The number of carbonyl (C=O) groups is 1. The molecule has 0 radical (unpaired) electrons. The van der Waals surface area contributed by atoms with Gasteiger partial charge in [-0.15, -0.1) is 0 Å². The van der Waals surface area contributed by atoms with E-state index >= 15 is 0 Å². The second kappa shape index (κ2) is 13.2. The molecule has 1 amide bonds. The van der Waals surface area contributed by atoms with Crippen molar-refractivity contribution in [1.29, 1.82) is 0 Å². The first-order valence-electron chi connectivity index (χ1n) is 13.6. The molecule has 226 valence electrons. The lowest BCUT2D eigenvalue weighted by Gasteiger charge is -2.55. The van der Waals surface area contributed by atoms with E-state index in [-0.39, 0.29) is 43.0 Å². The van der Waals surface area contributed by atoms with Gasteiger partial charge in [-0.25, -0.2) is 0 Å². The quantitative estimate of drug-likeness (QED) is 0.351. The number of nitrogens with zero attached hydrogens (tertiary/aromatic N) is 1. The van der Waals surface area contributed by atoms with E-state index in [0.717, 1.165) is 5.57 Å². The Balaban J connectivity index is 1.89. The predicted molar refractivity (Wildman–Crippen MR) is 142 cm³/mol. The molecule has 3 saturated heterocycles. The summed E-state index contributed by atoms with van der Waals surface area (Å²) >= 11 is 0. The maximum Gasteiger partial charge on any atom is 0.259 e. The van der Waals surface area contributed by atoms with Gasteiger partial charge < -0.3 is 47.5 Å². The molecular formula is C28H49NO10. The maximum atomic E-state index is 14.0. The van der Waals surface area contributed by atoms with Crippen molar-refractivity contribution in [2.75, 3.05) is 56.0 Å². The van der Waals surface area contributed by atoms with Crippen LogP contribution in [0.5, 0.6) is 0 Å². The molecule has 0 aliphatic carbocycles. The number of ether oxygens (including phenoxy) is 9. The van der Waals surface area contributed by atoms with Crippen molar-refractivity contribution < 1.29 is 47.4 Å². The number of methoxy groups -OCH3 is 5. The van der Waals surface area contributed by atoms with E-state index in [2.05, 4.69) is 20.4 Å². The van der Waals surface area contributed by atoms with Crippen LogP contribution in [0.25, 0.3) is 0 Å². The number of hydrogen-bond donors (Lipinski definition) is 0. The second-order valence-corrected chi connectivity index (χ2v) is 11.4. The number of hydrogen-bond acceptors (Lipinski definition) is 10. The summed E-state index contributed by atoms with van der Waals surface area (Å²) in [6.45, 7) is 12.8. The van der Waals surface area contributed by atoms with Crippen molar-refractivity contribution in [2.24, 2.45) is 11.3 Å². The monoisotopic (exact) mass is 559 g/mol. The normalized spacial score (nSPS) is 38.1. The van der Waals surface area contributed by atoms with Gasteiger partial charge in [0.05, 0.1) is 31.0 Å². The molecule has 3 aliphatic rings. The summed E-state index contributed by atoms with van der Waals surface area (Å²) in [6.07, 6.45) is -3.08. The van der Waals surface area contributed by atoms with E-state index in [1.54, 1.807) is 28.4 Å².